The van der Waals surface area contributed by atoms with E-state index in [1.165, 1.54) is 12.3 Å². The fourth-order valence-corrected chi connectivity index (χ4v) is 3.92. The molecular formula is C24H25N7O2. The molecule has 0 radical (unpaired) electrons. The van der Waals surface area contributed by atoms with Crippen molar-refractivity contribution in [3.8, 4) is 6.07 Å². The number of hydrogen-bond donors (Lipinski definition) is 1. The van der Waals surface area contributed by atoms with Crippen molar-refractivity contribution in [3.63, 3.8) is 0 Å². The Hall–Kier alpha value is -4.06. The maximum absolute atomic E-state index is 12.8. The standard InChI is InChI=1S/C24H25N7O2/c1-16(10-22-29-27-15-30(22)2)18-4-3-5-20(11-18)28-23(32)21-12-19(6-8-26-21)24(33)31-9-7-17(13-25)14-31/h3-6,8,11-12,15-17H,7,9-10,14H2,1-2H3,(H,28,32). The lowest BCUT2D eigenvalue weighted by atomic mass is 9.97. The second-order valence-corrected chi connectivity index (χ2v) is 8.34. The molecule has 1 saturated heterocycles. The summed E-state index contributed by atoms with van der Waals surface area (Å²) in [7, 11) is 1.91. The van der Waals surface area contributed by atoms with Gasteiger partial charge >= 0.3 is 0 Å². The predicted molar refractivity (Wildman–Crippen MR) is 121 cm³/mol. The third kappa shape index (κ3) is 5.06. The van der Waals surface area contributed by atoms with Gasteiger partial charge in [-0.15, -0.1) is 10.2 Å². The molecule has 168 valence electrons. The second kappa shape index (κ2) is 9.61. The minimum Gasteiger partial charge on any atom is -0.337 e. The molecule has 2 unspecified atom stereocenters. The number of nitrogens with zero attached hydrogens (tertiary/aromatic N) is 6. The van der Waals surface area contributed by atoms with Crippen LogP contribution in [0.4, 0.5) is 5.69 Å². The van der Waals surface area contributed by atoms with Gasteiger partial charge in [0.2, 0.25) is 0 Å². The smallest absolute Gasteiger partial charge is 0.274 e. The van der Waals surface area contributed by atoms with E-state index in [0.717, 1.165) is 17.8 Å². The van der Waals surface area contributed by atoms with E-state index in [4.69, 9.17) is 5.26 Å². The molecule has 9 heteroatoms. The zero-order valence-electron chi connectivity index (χ0n) is 18.6. The molecule has 2 amide bonds. The zero-order valence-corrected chi connectivity index (χ0v) is 18.6. The van der Waals surface area contributed by atoms with Crippen LogP contribution >= 0.6 is 0 Å². The lowest BCUT2D eigenvalue weighted by Gasteiger charge is -2.16. The van der Waals surface area contributed by atoms with Gasteiger partial charge in [-0.2, -0.15) is 5.26 Å². The van der Waals surface area contributed by atoms with Crippen molar-refractivity contribution in [3.05, 3.63) is 71.6 Å². The predicted octanol–water partition coefficient (Wildman–Crippen LogP) is 2.79. The number of nitriles is 1. The van der Waals surface area contributed by atoms with Gasteiger partial charge in [-0.1, -0.05) is 19.1 Å². The van der Waals surface area contributed by atoms with E-state index in [1.54, 1.807) is 17.3 Å². The summed E-state index contributed by atoms with van der Waals surface area (Å²) in [4.78, 5) is 31.4. The SMILES string of the molecule is CC(Cc1nncn1C)c1cccc(NC(=O)c2cc(C(=O)N3CCC(C#N)C3)ccn2)c1. The number of nitrogens with one attached hydrogen (secondary N) is 1. The molecule has 1 N–H and O–H groups in total. The Kier molecular flexibility index (Phi) is 6.45. The fourth-order valence-electron chi connectivity index (χ4n) is 3.92. The average Bonchev–Trinajstić information content (AvgIpc) is 3.48. The molecule has 0 saturated carbocycles. The number of rotatable bonds is 6. The molecule has 4 rings (SSSR count). The van der Waals surface area contributed by atoms with Crippen LogP contribution in [0, 0.1) is 17.2 Å². The summed E-state index contributed by atoms with van der Waals surface area (Å²) in [6.45, 7) is 3.06. The first-order valence-corrected chi connectivity index (χ1v) is 10.8. The Morgan fingerprint density at radius 2 is 2.15 bits per heavy atom. The van der Waals surface area contributed by atoms with Crippen molar-refractivity contribution in [1.29, 1.82) is 5.26 Å². The van der Waals surface area contributed by atoms with E-state index in [0.29, 0.717) is 30.8 Å². The third-order valence-corrected chi connectivity index (χ3v) is 5.91. The number of benzene rings is 1. The van der Waals surface area contributed by atoms with Crippen LogP contribution in [0.2, 0.25) is 0 Å². The van der Waals surface area contributed by atoms with E-state index >= 15 is 0 Å². The number of anilines is 1. The highest BCUT2D eigenvalue weighted by Crippen LogP contribution is 2.23. The summed E-state index contributed by atoms with van der Waals surface area (Å²) in [6.07, 6.45) is 4.53. The number of likely N-dealkylation sites (tertiary alicyclic amines) is 1. The van der Waals surface area contributed by atoms with Gasteiger partial charge < -0.3 is 14.8 Å². The molecule has 1 fully saturated rings. The molecule has 0 spiro atoms. The summed E-state index contributed by atoms with van der Waals surface area (Å²) in [5.41, 5.74) is 2.26. The Labute approximate surface area is 192 Å². The Morgan fingerprint density at radius 1 is 1.30 bits per heavy atom. The molecular weight excluding hydrogens is 418 g/mol. The van der Waals surface area contributed by atoms with Crippen LogP contribution in [-0.4, -0.2) is 49.6 Å². The third-order valence-electron chi connectivity index (χ3n) is 5.91. The van der Waals surface area contributed by atoms with Gasteiger partial charge in [0.25, 0.3) is 11.8 Å². The van der Waals surface area contributed by atoms with Crippen LogP contribution < -0.4 is 5.32 Å². The normalized spacial score (nSPS) is 16.3. The van der Waals surface area contributed by atoms with Crippen molar-refractivity contribution in [2.24, 2.45) is 13.0 Å². The quantitative estimate of drug-likeness (QED) is 0.626. The lowest BCUT2D eigenvalue weighted by molar-refractivity contribution is 0.0789. The molecule has 0 bridgehead atoms. The maximum Gasteiger partial charge on any atom is 0.274 e. The largest absolute Gasteiger partial charge is 0.337 e. The maximum atomic E-state index is 12.8. The molecule has 2 atom stereocenters. The molecule has 0 aliphatic carbocycles. The first-order valence-electron chi connectivity index (χ1n) is 10.8. The van der Waals surface area contributed by atoms with Crippen LogP contribution in [0.3, 0.4) is 0 Å². The highest BCUT2D eigenvalue weighted by molar-refractivity contribution is 6.04. The first kappa shape index (κ1) is 22.1. The van der Waals surface area contributed by atoms with Crippen molar-refractivity contribution < 1.29 is 9.59 Å². The Morgan fingerprint density at radius 3 is 2.88 bits per heavy atom. The number of aryl methyl sites for hydroxylation is 1. The minimum absolute atomic E-state index is 0.137. The molecule has 1 aliphatic heterocycles. The van der Waals surface area contributed by atoms with E-state index in [9.17, 15) is 9.59 Å². The van der Waals surface area contributed by atoms with Gasteiger partial charge in [-0.05, 0) is 42.2 Å². The molecule has 33 heavy (non-hydrogen) atoms. The summed E-state index contributed by atoms with van der Waals surface area (Å²) < 4.78 is 1.89. The van der Waals surface area contributed by atoms with Crippen molar-refractivity contribution in [1.82, 2.24) is 24.6 Å². The van der Waals surface area contributed by atoms with Gasteiger partial charge in [0, 0.05) is 44.0 Å². The number of pyridine rings is 1. The van der Waals surface area contributed by atoms with Crippen molar-refractivity contribution in [2.45, 2.75) is 25.7 Å². The summed E-state index contributed by atoms with van der Waals surface area (Å²) in [6, 6.07) is 12.9. The van der Waals surface area contributed by atoms with Crippen LogP contribution in [0.5, 0.6) is 0 Å². The summed E-state index contributed by atoms with van der Waals surface area (Å²) in [5, 5.41) is 20.0. The molecule has 3 aromatic rings. The van der Waals surface area contributed by atoms with E-state index in [-0.39, 0.29) is 29.3 Å². The van der Waals surface area contributed by atoms with Crippen LogP contribution in [-0.2, 0) is 13.5 Å². The van der Waals surface area contributed by atoms with E-state index in [1.807, 2.05) is 35.9 Å². The van der Waals surface area contributed by atoms with Crippen molar-refractivity contribution >= 4 is 17.5 Å². The molecule has 2 aromatic heterocycles. The van der Waals surface area contributed by atoms with Crippen LogP contribution in [0.25, 0.3) is 0 Å². The number of hydrogen-bond acceptors (Lipinski definition) is 6. The van der Waals surface area contributed by atoms with Crippen molar-refractivity contribution in [2.75, 3.05) is 18.4 Å². The highest BCUT2D eigenvalue weighted by atomic mass is 16.2. The summed E-state index contributed by atoms with van der Waals surface area (Å²) >= 11 is 0. The monoisotopic (exact) mass is 443 g/mol. The van der Waals surface area contributed by atoms with Gasteiger partial charge in [-0.25, -0.2) is 0 Å². The zero-order chi connectivity index (χ0) is 23.4. The fraction of sp³-hybridized carbons (Fsp3) is 0.333. The average molecular weight is 444 g/mol. The molecule has 9 nitrogen and oxygen atoms in total. The van der Waals surface area contributed by atoms with Gasteiger partial charge in [0.05, 0.1) is 12.0 Å². The molecule has 1 aromatic carbocycles. The number of carbonyl (C=O) groups excluding carboxylic acids is 2. The van der Waals surface area contributed by atoms with E-state index < -0.39 is 0 Å². The topological polar surface area (TPSA) is 117 Å². The van der Waals surface area contributed by atoms with Gasteiger partial charge in [0.15, 0.2) is 0 Å². The van der Waals surface area contributed by atoms with Gasteiger partial charge in [0.1, 0.15) is 17.8 Å². The molecule has 1 aliphatic rings. The van der Waals surface area contributed by atoms with Crippen LogP contribution in [0.1, 0.15) is 51.5 Å². The van der Waals surface area contributed by atoms with Crippen LogP contribution in [0.15, 0.2) is 48.9 Å². The van der Waals surface area contributed by atoms with E-state index in [2.05, 4.69) is 33.5 Å². The Balaban J connectivity index is 1.44. The summed E-state index contributed by atoms with van der Waals surface area (Å²) in [5.74, 6) is 0.355. The number of carbonyl (C=O) groups is 2. The lowest BCUT2D eigenvalue weighted by Crippen LogP contribution is -2.29. The highest BCUT2D eigenvalue weighted by Gasteiger charge is 2.27. The van der Waals surface area contributed by atoms with Gasteiger partial charge in [-0.3, -0.25) is 14.6 Å². The minimum atomic E-state index is -0.390. The first-order chi connectivity index (χ1) is 15.9. The Bertz CT molecular complexity index is 1210. The molecule has 3 heterocycles. The number of aromatic nitrogens is 4. The second-order valence-electron chi connectivity index (χ2n) is 8.34. The number of amides is 2.